The van der Waals surface area contributed by atoms with E-state index in [-0.39, 0.29) is 12.3 Å². The molecule has 0 spiro atoms. The van der Waals surface area contributed by atoms with E-state index in [4.69, 9.17) is 20.8 Å². The Labute approximate surface area is 137 Å². The van der Waals surface area contributed by atoms with E-state index in [1.54, 1.807) is 24.3 Å². The molecule has 0 aliphatic carbocycles. The van der Waals surface area contributed by atoms with E-state index in [1.165, 1.54) is 25.7 Å². The first kappa shape index (κ1) is 16.6. The van der Waals surface area contributed by atoms with Gasteiger partial charge in [0.25, 0.3) is 11.8 Å². The molecule has 2 aromatic rings. The van der Waals surface area contributed by atoms with Crippen molar-refractivity contribution in [3.05, 3.63) is 52.9 Å². The van der Waals surface area contributed by atoms with Crippen LogP contribution in [-0.4, -0.2) is 31.7 Å². The van der Waals surface area contributed by atoms with Gasteiger partial charge in [0.05, 0.1) is 26.1 Å². The van der Waals surface area contributed by atoms with Crippen LogP contribution >= 0.6 is 11.6 Å². The van der Waals surface area contributed by atoms with E-state index >= 15 is 0 Å². The molecule has 0 aliphatic rings. The molecule has 1 heterocycles. The highest BCUT2D eigenvalue weighted by molar-refractivity contribution is 6.30. The number of nitrogens with one attached hydrogen (secondary N) is 2. The highest BCUT2D eigenvalue weighted by atomic mass is 35.5. The molecule has 0 fully saturated rings. The van der Waals surface area contributed by atoms with Crippen LogP contribution in [0, 0.1) is 0 Å². The Balaban J connectivity index is 1.84. The smallest absolute Gasteiger partial charge is 0.287 e. The number of halogens is 1. The zero-order valence-corrected chi connectivity index (χ0v) is 13.0. The molecule has 23 heavy (non-hydrogen) atoms. The van der Waals surface area contributed by atoms with Crippen molar-refractivity contribution >= 4 is 29.6 Å². The summed E-state index contributed by atoms with van der Waals surface area (Å²) >= 11 is 5.89. The Morgan fingerprint density at radius 3 is 2.91 bits per heavy atom. The average molecular weight is 336 g/mol. The van der Waals surface area contributed by atoms with Gasteiger partial charge >= 0.3 is 0 Å². The molecule has 1 aromatic carbocycles. The number of hydrogen-bond acceptors (Lipinski definition) is 5. The van der Waals surface area contributed by atoms with Crippen molar-refractivity contribution in [3.63, 3.8) is 0 Å². The Bertz CT molecular complexity index is 714. The number of carbonyl (C=O) groups is 2. The predicted molar refractivity (Wildman–Crippen MR) is 84.8 cm³/mol. The number of benzene rings is 1. The number of furan rings is 1. The summed E-state index contributed by atoms with van der Waals surface area (Å²) < 4.78 is 10.1. The fourth-order valence-corrected chi connectivity index (χ4v) is 1.86. The maximum atomic E-state index is 11.6. The van der Waals surface area contributed by atoms with Crippen molar-refractivity contribution in [3.8, 4) is 5.75 Å². The summed E-state index contributed by atoms with van der Waals surface area (Å²) in [6.07, 6.45) is 2.77. The molecule has 0 unspecified atom stereocenters. The summed E-state index contributed by atoms with van der Waals surface area (Å²) in [6.45, 7) is -0.233. The number of hydrogen-bond donors (Lipinski definition) is 2. The standard InChI is InChI=1S/C15H14ClN3O4/c1-22-12-5-4-11(16)7-10(12)8-18-19-14(20)9-17-15(21)13-3-2-6-23-13/h2-8H,9H2,1H3,(H,17,21)(H,19,20). The zero-order chi connectivity index (χ0) is 16.7. The fraction of sp³-hybridized carbons (Fsp3) is 0.133. The third-order valence-corrected chi connectivity index (χ3v) is 2.97. The zero-order valence-electron chi connectivity index (χ0n) is 12.2. The van der Waals surface area contributed by atoms with E-state index in [0.29, 0.717) is 16.3 Å². The van der Waals surface area contributed by atoms with Gasteiger partial charge in [-0.2, -0.15) is 5.10 Å². The number of ether oxygens (including phenoxy) is 1. The van der Waals surface area contributed by atoms with Crippen LogP contribution in [0.5, 0.6) is 5.75 Å². The van der Waals surface area contributed by atoms with Gasteiger partial charge in [-0.15, -0.1) is 0 Å². The molecule has 2 N–H and O–H groups in total. The lowest BCUT2D eigenvalue weighted by atomic mass is 10.2. The van der Waals surface area contributed by atoms with E-state index in [9.17, 15) is 9.59 Å². The summed E-state index contributed by atoms with van der Waals surface area (Å²) in [6, 6.07) is 8.10. The Kier molecular flexibility index (Phi) is 5.76. The lowest BCUT2D eigenvalue weighted by Crippen LogP contribution is -2.34. The second kappa shape index (κ2) is 8.00. The van der Waals surface area contributed by atoms with Crippen LogP contribution in [0.3, 0.4) is 0 Å². The summed E-state index contributed by atoms with van der Waals surface area (Å²) in [7, 11) is 1.52. The van der Waals surface area contributed by atoms with E-state index < -0.39 is 11.8 Å². The third kappa shape index (κ3) is 4.86. The molecule has 0 bridgehead atoms. The van der Waals surface area contributed by atoms with Crippen LogP contribution in [0.2, 0.25) is 5.02 Å². The van der Waals surface area contributed by atoms with Gasteiger partial charge in [0.15, 0.2) is 5.76 Å². The quantitative estimate of drug-likeness (QED) is 0.622. The highest BCUT2D eigenvalue weighted by Crippen LogP contribution is 2.20. The molecule has 0 atom stereocenters. The SMILES string of the molecule is COc1ccc(Cl)cc1C=NNC(=O)CNC(=O)c1ccco1. The minimum Gasteiger partial charge on any atom is -0.496 e. The van der Waals surface area contributed by atoms with Crippen LogP contribution in [-0.2, 0) is 4.79 Å². The van der Waals surface area contributed by atoms with Gasteiger partial charge in [-0.25, -0.2) is 5.43 Å². The van der Waals surface area contributed by atoms with E-state index in [2.05, 4.69) is 15.8 Å². The largest absolute Gasteiger partial charge is 0.496 e. The maximum Gasteiger partial charge on any atom is 0.287 e. The second-order valence-electron chi connectivity index (χ2n) is 4.34. The van der Waals surface area contributed by atoms with Gasteiger partial charge < -0.3 is 14.5 Å². The number of amides is 2. The first-order chi connectivity index (χ1) is 11.1. The summed E-state index contributed by atoms with van der Waals surface area (Å²) in [5.41, 5.74) is 2.90. The highest BCUT2D eigenvalue weighted by Gasteiger charge is 2.09. The summed E-state index contributed by atoms with van der Waals surface area (Å²) in [5.74, 6) is -0.267. The molecule has 0 saturated carbocycles. The van der Waals surface area contributed by atoms with Gasteiger partial charge in [-0.1, -0.05) is 11.6 Å². The Hall–Kier alpha value is -2.80. The van der Waals surface area contributed by atoms with Crippen molar-refractivity contribution < 1.29 is 18.7 Å². The van der Waals surface area contributed by atoms with Gasteiger partial charge in [0, 0.05) is 10.6 Å². The minimum absolute atomic E-state index is 0.130. The lowest BCUT2D eigenvalue weighted by molar-refractivity contribution is -0.120. The molecule has 1 aromatic heterocycles. The van der Waals surface area contributed by atoms with Crippen molar-refractivity contribution in [2.75, 3.05) is 13.7 Å². The first-order valence-corrected chi connectivity index (χ1v) is 6.95. The van der Waals surface area contributed by atoms with Crippen LogP contribution in [0.25, 0.3) is 0 Å². The molecule has 2 amide bonds. The van der Waals surface area contributed by atoms with Crippen LogP contribution in [0.15, 0.2) is 46.1 Å². The third-order valence-electron chi connectivity index (χ3n) is 2.74. The number of hydrazone groups is 1. The Morgan fingerprint density at radius 2 is 2.22 bits per heavy atom. The molecule has 2 rings (SSSR count). The van der Waals surface area contributed by atoms with Crippen LogP contribution < -0.4 is 15.5 Å². The molecule has 0 aliphatic heterocycles. The normalized spacial score (nSPS) is 10.5. The van der Waals surface area contributed by atoms with Gasteiger partial charge in [-0.05, 0) is 30.3 Å². The minimum atomic E-state index is -0.484. The van der Waals surface area contributed by atoms with E-state index in [0.717, 1.165) is 0 Å². The summed E-state index contributed by atoms with van der Waals surface area (Å²) in [5, 5.41) is 6.71. The van der Waals surface area contributed by atoms with Crippen molar-refractivity contribution in [1.82, 2.24) is 10.7 Å². The molecule has 0 radical (unpaired) electrons. The second-order valence-corrected chi connectivity index (χ2v) is 4.78. The van der Waals surface area contributed by atoms with Gasteiger partial charge in [-0.3, -0.25) is 9.59 Å². The van der Waals surface area contributed by atoms with Gasteiger partial charge in [0.1, 0.15) is 5.75 Å². The molecule has 8 heteroatoms. The number of nitrogens with zero attached hydrogens (tertiary/aromatic N) is 1. The van der Waals surface area contributed by atoms with Crippen LogP contribution in [0.4, 0.5) is 0 Å². The first-order valence-electron chi connectivity index (χ1n) is 6.57. The molecule has 7 nitrogen and oxygen atoms in total. The molecular weight excluding hydrogens is 322 g/mol. The van der Waals surface area contributed by atoms with Gasteiger partial charge in [0.2, 0.25) is 0 Å². The van der Waals surface area contributed by atoms with E-state index in [1.807, 2.05) is 0 Å². The fourth-order valence-electron chi connectivity index (χ4n) is 1.67. The number of carbonyl (C=O) groups excluding carboxylic acids is 2. The lowest BCUT2D eigenvalue weighted by Gasteiger charge is -2.05. The van der Waals surface area contributed by atoms with Crippen molar-refractivity contribution in [2.24, 2.45) is 5.10 Å². The van der Waals surface area contributed by atoms with Crippen molar-refractivity contribution in [2.45, 2.75) is 0 Å². The summed E-state index contributed by atoms with van der Waals surface area (Å²) in [4.78, 5) is 23.2. The monoisotopic (exact) mass is 335 g/mol. The molecular formula is C15H14ClN3O4. The predicted octanol–water partition coefficient (Wildman–Crippen LogP) is 1.82. The maximum absolute atomic E-state index is 11.6. The topological polar surface area (TPSA) is 92.9 Å². The number of methoxy groups -OCH3 is 1. The number of rotatable bonds is 6. The average Bonchev–Trinajstić information content (AvgIpc) is 3.07. The molecule has 120 valence electrons. The Morgan fingerprint density at radius 1 is 1.39 bits per heavy atom. The van der Waals surface area contributed by atoms with Crippen LogP contribution in [0.1, 0.15) is 16.1 Å². The molecule has 0 saturated heterocycles. The van der Waals surface area contributed by atoms with Crippen molar-refractivity contribution in [1.29, 1.82) is 0 Å².